The number of nitrogens with one attached hydrogen (secondary N) is 1. The van der Waals surface area contributed by atoms with Gasteiger partial charge >= 0.3 is 5.97 Å². The van der Waals surface area contributed by atoms with Gasteiger partial charge < -0.3 is 9.72 Å². The lowest BCUT2D eigenvalue weighted by molar-refractivity contribution is -0.136. The zero-order valence-corrected chi connectivity index (χ0v) is 15.1. The molecule has 0 aliphatic heterocycles. The van der Waals surface area contributed by atoms with Crippen molar-refractivity contribution in [2.45, 2.75) is 40.5 Å². The maximum atomic E-state index is 12.2. The first-order valence-electron chi connectivity index (χ1n) is 8.62. The number of ketones is 1. The van der Waals surface area contributed by atoms with E-state index in [0.29, 0.717) is 5.75 Å². The van der Waals surface area contributed by atoms with Crippen molar-refractivity contribution < 1.29 is 14.3 Å². The van der Waals surface area contributed by atoms with Crippen molar-refractivity contribution in [1.29, 1.82) is 0 Å². The highest BCUT2D eigenvalue weighted by atomic mass is 16.5. The van der Waals surface area contributed by atoms with Crippen LogP contribution in [0.15, 0.2) is 30.3 Å². The second-order valence-electron chi connectivity index (χ2n) is 6.81. The molecule has 0 bridgehead atoms. The zero-order valence-electron chi connectivity index (χ0n) is 15.1. The van der Waals surface area contributed by atoms with Crippen molar-refractivity contribution in [2.24, 2.45) is 5.92 Å². The van der Waals surface area contributed by atoms with E-state index in [9.17, 15) is 9.59 Å². The molecule has 0 saturated carbocycles. The molecule has 4 nitrogen and oxygen atoms in total. The molecule has 0 saturated heterocycles. The van der Waals surface area contributed by atoms with E-state index in [1.165, 1.54) is 0 Å². The highest BCUT2D eigenvalue weighted by Crippen LogP contribution is 2.34. The molecule has 0 aliphatic carbocycles. The normalized spacial score (nSPS) is 11.4. The Morgan fingerprint density at radius 2 is 1.76 bits per heavy atom. The van der Waals surface area contributed by atoms with E-state index in [1.54, 1.807) is 0 Å². The second-order valence-corrected chi connectivity index (χ2v) is 6.81. The molecule has 1 heterocycles. The number of para-hydroxylation sites is 1. The third-order valence-electron chi connectivity index (χ3n) is 4.77. The van der Waals surface area contributed by atoms with Crippen LogP contribution in [-0.4, -0.2) is 16.7 Å². The number of carbonyl (C=O) groups is 2. The van der Waals surface area contributed by atoms with Crippen LogP contribution >= 0.6 is 0 Å². The van der Waals surface area contributed by atoms with Crippen LogP contribution in [0.3, 0.4) is 0 Å². The SMILES string of the molecule is Cc1c(OC(=O)CCC(=O)C(C)C)cc2c([nH]c3ccccc32)c1C. The Hall–Kier alpha value is -2.62. The number of rotatable bonds is 5. The van der Waals surface area contributed by atoms with E-state index in [2.05, 4.69) is 11.1 Å². The maximum Gasteiger partial charge on any atom is 0.311 e. The fourth-order valence-electron chi connectivity index (χ4n) is 3.01. The summed E-state index contributed by atoms with van der Waals surface area (Å²) in [6.45, 7) is 7.65. The summed E-state index contributed by atoms with van der Waals surface area (Å²) < 4.78 is 5.58. The molecule has 25 heavy (non-hydrogen) atoms. The van der Waals surface area contributed by atoms with E-state index in [0.717, 1.165) is 32.9 Å². The van der Waals surface area contributed by atoms with Gasteiger partial charge in [-0.1, -0.05) is 32.0 Å². The summed E-state index contributed by atoms with van der Waals surface area (Å²) in [7, 11) is 0. The van der Waals surface area contributed by atoms with Crippen LogP contribution in [0.2, 0.25) is 0 Å². The first-order chi connectivity index (χ1) is 11.9. The van der Waals surface area contributed by atoms with E-state index < -0.39 is 0 Å². The van der Waals surface area contributed by atoms with E-state index in [4.69, 9.17) is 4.74 Å². The smallest absolute Gasteiger partial charge is 0.311 e. The Kier molecular flexibility index (Phi) is 4.62. The number of hydrogen-bond acceptors (Lipinski definition) is 3. The van der Waals surface area contributed by atoms with Gasteiger partial charge in [0.1, 0.15) is 11.5 Å². The number of hydrogen-bond donors (Lipinski definition) is 1. The molecule has 0 amide bonds. The number of aromatic nitrogens is 1. The minimum Gasteiger partial charge on any atom is -0.426 e. The fourth-order valence-corrected chi connectivity index (χ4v) is 3.01. The monoisotopic (exact) mass is 337 g/mol. The molecule has 0 aliphatic rings. The third-order valence-corrected chi connectivity index (χ3v) is 4.77. The lowest BCUT2D eigenvalue weighted by Crippen LogP contribution is -2.14. The highest BCUT2D eigenvalue weighted by Gasteiger charge is 2.16. The van der Waals surface area contributed by atoms with E-state index >= 15 is 0 Å². The number of H-pyrrole nitrogens is 1. The summed E-state index contributed by atoms with van der Waals surface area (Å²) in [5.74, 6) is 0.226. The summed E-state index contributed by atoms with van der Waals surface area (Å²) in [5.41, 5.74) is 4.12. The molecule has 0 spiro atoms. The fraction of sp³-hybridized carbons (Fsp3) is 0.333. The van der Waals surface area contributed by atoms with Gasteiger partial charge in [-0.2, -0.15) is 0 Å². The largest absolute Gasteiger partial charge is 0.426 e. The number of ether oxygens (including phenoxy) is 1. The van der Waals surface area contributed by atoms with Gasteiger partial charge in [0, 0.05) is 34.1 Å². The van der Waals surface area contributed by atoms with Crippen molar-refractivity contribution in [3.63, 3.8) is 0 Å². The van der Waals surface area contributed by atoms with Crippen LogP contribution in [0.4, 0.5) is 0 Å². The first kappa shape index (κ1) is 17.2. The van der Waals surface area contributed by atoms with Gasteiger partial charge in [-0.25, -0.2) is 0 Å². The molecule has 2 aromatic carbocycles. The molecule has 0 atom stereocenters. The summed E-state index contributed by atoms with van der Waals surface area (Å²) in [6.07, 6.45) is 0.339. The van der Waals surface area contributed by atoms with Crippen molar-refractivity contribution in [1.82, 2.24) is 4.98 Å². The van der Waals surface area contributed by atoms with Crippen LogP contribution in [0, 0.1) is 19.8 Å². The standard InChI is InChI=1S/C21H23NO3/c1-12(2)18(23)9-10-20(24)25-19-11-16-15-7-5-6-8-17(15)22-21(16)14(4)13(19)3/h5-8,11-12,22H,9-10H2,1-4H3. The van der Waals surface area contributed by atoms with Crippen LogP contribution in [0.5, 0.6) is 5.75 Å². The molecule has 0 fully saturated rings. The third kappa shape index (κ3) is 3.29. The number of carbonyl (C=O) groups excluding carboxylic acids is 2. The Balaban J connectivity index is 1.91. The second kappa shape index (κ2) is 6.71. The van der Waals surface area contributed by atoms with Gasteiger partial charge in [0.05, 0.1) is 6.42 Å². The Labute approximate surface area is 147 Å². The van der Waals surface area contributed by atoms with Crippen LogP contribution < -0.4 is 4.74 Å². The molecule has 3 aromatic rings. The van der Waals surface area contributed by atoms with Gasteiger partial charge in [-0.15, -0.1) is 0 Å². The minimum absolute atomic E-state index is 0.0562. The van der Waals surface area contributed by atoms with Crippen molar-refractivity contribution in [3.05, 3.63) is 41.5 Å². The van der Waals surface area contributed by atoms with E-state index in [1.807, 2.05) is 52.0 Å². The Morgan fingerprint density at radius 3 is 2.48 bits per heavy atom. The molecule has 1 aromatic heterocycles. The van der Waals surface area contributed by atoms with Gasteiger partial charge in [0.2, 0.25) is 0 Å². The van der Waals surface area contributed by atoms with Crippen molar-refractivity contribution in [2.75, 3.05) is 0 Å². The highest BCUT2D eigenvalue weighted by molar-refractivity contribution is 6.09. The lowest BCUT2D eigenvalue weighted by Gasteiger charge is -2.11. The number of fused-ring (bicyclic) bond motifs is 3. The Morgan fingerprint density at radius 1 is 1.04 bits per heavy atom. The average molecular weight is 337 g/mol. The van der Waals surface area contributed by atoms with Crippen LogP contribution in [0.25, 0.3) is 21.8 Å². The zero-order chi connectivity index (χ0) is 18.1. The number of aryl methyl sites for hydroxylation is 1. The predicted molar refractivity (Wildman–Crippen MR) is 100.0 cm³/mol. The molecule has 0 unspecified atom stereocenters. The number of benzene rings is 2. The molecule has 1 N–H and O–H groups in total. The number of esters is 1. The topological polar surface area (TPSA) is 59.2 Å². The predicted octanol–water partition coefficient (Wildman–Crippen LogP) is 4.85. The van der Waals surface area contributed by atoms with Crippen molar-refractivity contribution >= 4 is 33.6 Å². The molecular formula is C21H23NO3. The summed E-state index contributed by atoms with van der Waals surface area (Å²) in [6, 6.07) is 9.99. The summed E-state index contributed by atoms with van der Waals surface area (Å²) in [4.78, 5) is 27.3. The summed E-state index contributed by atoms with van der Waals surface area (Å²) >= 11 is 0. The number of Topliss-reactive ketones (excluding diaryl/α,β-unsaturated/α-hetero) is 1. The van der Waals surface area contributed by atoms with Crippen molar-refractivity contribution in [3.8, 4) is 5.75 Å². The van der Waals surface area contributed by atoms with Gasteiger partial charge in [0.25, 0.3) is 0 Å². The molecule has 0 radical (unpaired) electrons. The minimum atomic E-state index is -0.365. The van der Waals surface area contributed by atoms with Crippen LogP contribution in [-0.2, 0) is 9.59 Å². The average Bonchev–Trinajstić information content (AvgIpc) is 2.96. The molecular weight excluding hydrogens is 314 g/mol. The number of aromatic amines is 1. The van der Waals surface area contributed by atoms with Crippen LogP contribution in [0.1, 0.15) is 37.8 Å². The van der Waals surface area contributed by atoms with Gasteiger partial charge in [0.15, 0.2) is 0 Å². The summed E-state index contributed by atoms with van der Waals surface area (Å²) in [5, 5.41) is 2.15. The first-order valence-corrected chi connectivity index (χ1v) is 8.62. The van der Waals surface area contributed by atoms with Gasteiger partial charge in [-0.05, 0) is 37.1 Å². The lowest BCUT2D eigenvalue weighted by atomic mass is 10.0. The molecule has 3 rings (SSSR count). The molecule has 4 heteroatoms. The quantitative estimate of drug-likeness (QED) is 0.535. The molecule has 130 valence electrons. The van der Waals surface area contributed by atoms with Gasteiger partial charge in [-0.3, -0.25) is 9.59 Å². The van der Waals surface area contributed by atoms with E-state index in [-0.39, 0.29) is 30.5 Å². The Bertz CT molecular complexity index is 966. The maximum absolute atomic E-state index is 12.2.